The van der Waals surface area contributed by atoms with E-state index in [2.05, 4.69) is 20.9 Å². The molecule has 0 bridgehead atoms. The lowest BCUT2D eigenvalue weighted by atomic mass is 9.96. The van der Waals surface area contributed by atoms with Crippen LogP contribution in [0.4, 0.5) is 5.82 Å². The van der Waals surface area contributed by atoms with Crippen molar-refractivity contribution >= 4 is 21.7 Å². The van der Waals surface area contributed by atoms with Crippen LogP contribution in [0.5, 0.6) is 5.75 Å². The van der Waals surface area contributed by atoms with Gasteiger partial charge in [-0.1, -0.05) is 15.9 Å². The first kappa shape index (κ1) is 13.7. The number of halogens is 1. The second-order valence-electron chi connectivity index (χ2n) is 3.88. The molecule has 6 nitrogen and oxygen atoms in total. The van der Waals surface area contributed by atoms with Crippen molar-refractivity contribution in [3.63, 3.8) is 0 Å². The van der Waals surface area contributed by atoms with E-state index in [1.54, 1.807) is 12.1 Å². The number of hydrogen-bond donors (Lipinski definition) is 3. The summed E-state index contributed by atoms with van der Waals surface area (Å²) in [6, 6.07) is 7.95. The molecule has 4 N–H and O–H groups in total. The summed E-state index contributed by atoms with van der Waals surface area (Å²) in [5, 5.41) is 27.9. The van der Waals surface area contributed by atoms with Gasteiger partial charge in [0.25, 0.3) is 5.56 Å². The number of aromatic nitrogens is 1. The highest BCUT2D eigenvalue weighted by atomic mass is 79.9. The number of H-pyrrole nitrogens is 1. The SMILES string of the molecule is N#Cc1c(N)[nH]c(=O)c(C#N)c1-c1cc(O)ccc1Br. The zero-order valence-electron chi connectivity index (χ0n) is 9.94. The molecule has 7 heteroatoms. The van der Waals surface area contributed by atoms with E-state index in [9.17, 15) is 15.2 Å². The van der Waals surface area contributed by atoms with E-state index in [1.807, 2.05) is 6.07 Å². The van der Waals surface area contributed by atoms with Gasteiger partial charge in [0.05, 0.1) is 0 Å². The Morgan fingerprint density at radius 3 is 2.50 bits per heavy atom. The van der Waals surface area contributed by atoms with Crippen molar-refractivity contribution in [2.75, 3.05) is 5.73 Å². The van der Waals surface area contributed by atoms with Crippen molar-refractivity contribution in [2.24, 2.45) is 0 Å². The first-order chi connectivity index (χ1) is 9.49. The number of benzene rings is 1. The molecule has 2 rings (SSSR count). The molecule has 0 unspecified atom stereocenters. The number of nitrogens with one attached hydrogen (secondary N) is 1. The molecule has 0 fully saturated rings. The predicted octanol–water partition coefficient (Wildman–Crippen LogP) is 1.84. The third-order valence-electron chi connectivity index (χ3n) is 2.69. The lowest BCUT2D eigenvalue weighted by Crippen LogP contribution is -2.16. The van der Waals surface area contributed by atoms with Gasteiger partial charge in [0.1, 0.15) is 34.8 Å². The second-order valence-corrected chi connectivity index (χ2v) is 4.73. The van der Waals surface area contributed by atoms with Crippen LogP contribution in [0.2, 0.25) is 0 Å². The summed E-state index contributed by atoms with van der Waals surface area (Å²) >= 11 is 3.26. The molecular formula is C13H7BrN4O2. The number of nitrogen functional groups attached to an aromatic ring is 1. The topological polar surface area (TPSA) is 127 Å². The minimum Gasteiger partial charge on any atom is -0.508 e. The van der Waals surface area contributed by atoms with Crippen LogP contribution >= 0.6 is 15.9 Å². The number of anilines is 1. The van der Waals surface area contributed by atoms with Gasteiger partial charge < -0.3 is 15.8 Å². The van der Waals surface area contributed by atoms with E-state index in [4.69, 9.17) is 11.0 Å². The van der Waals surface area contributed by atoms with Crippen molar-refractivity contribution in [3.05, 3.63) is 44.2 Å². The van der Waals surface area contributed by atoms with Crippen LogP contribution in [0.15, 0.2) is 27.5 Å². The number of nitriles is 2. The van der Waals surface area contributed by atoms with Gasteiger partial charge in [-0.25, -0.2) is 0 Å². The zero-order chi connectivity index (χ0) is 14.9. The molecule has 2 aromatic rings. The molecule has 98 valence electrons. The minimum absolute atomic E-state index is 0.0209. The third kappa shape index (κ3) is 2.11. The Balaban J connectivity index is 3.00. The lowest BCUT2D eigenvalue weighted by molar-refractivity contribution is 0.475. The number of nitrogens with zero attached hydrogens (tertiary/aromatic N) is 2. The van der Waals surface area contributed by atoms with Gasteiger partial charge >= 0.3 is 0 Å². The predicted molar refractivity (Wildman–Crippen MR) is 75.7 cm³/mol. The van der Waals surface area contributed by atoms with Crippen molar-refractivity contribution in [1.29, 1.82) is 10.5 Å². The fourth-order valence-corrected chi connectivity index (χ4v) is 2.26. The monoisotopic (exact) mass is 330 g/mol. The number of phenols is 1. The fourth-order valence-electron chi connectivity index (χ4n) is 1.82. The summed E-state index contributed by atoms with van der Waals surface area (Å²) in [5.41, 5.74) is 5.12. The van der Waals surface area contributed by atoms with Gasteiger partial charge in [0, 0.05) is 15.6 Å². The van der Waals surface area contributed by atoms with Gasteiger partial charge in [-0.15, -0.1) is 0 Å². The number of pyridine rings is 1. The van der Waals surface area contributed by atoms with E-state index in [-0.39, 0.29) is 28.3 Å². The molecule has 0 radical (unpaired) electrons. The molecule has 0 aliphatic heterocycles. The van der Waals surface area contributed by atoms with E-state index in [0.29, 0.717) is 10.0 Å². The van der Waals surface area contributed by atoms with E-state index < -0.39 is 5.56 Å². The third-order valence-corrected chi connectivity index (χ3v) is 3.38. The summed E-state index contributed by atoms with van der Waals surface area (Å²) in [6.07, 6.45) is 0. The number of phenolic OH excluding ortho intramolecular Hbond substituents is 1. The smallest absolute Gasteiger partial charge is 0.268 e. The highest BCUT2D eigenvalue weighted by Crippen LogP contribution is 2.35. The van der Waals surface area contributed by atoms with Crippen LogP contribution in [0.25, 0.3) is 11.1 Å². The van der Waals surface area contributed by atoms with Crippen LogP contribution in [-0.4, -0.2) is 10.1 Å². The Bertz CT molecular complexity index is 843. The maximum Gasteiger partial charge on any atom is 0.268 e. The Morgan fingerprint density at radius 1 is 1.25 bits per heavy atom. The molecule has 1 heterocycles. The number of hydrogen-bond acceptors (Lipinski definition) is 5. The quantitative estimate of drug-likeness (QED) is 0.735. The lowest BCUT2D eigenvalue weighted by Gasteiger charge is -2.10. The maximum absolute atomic E-state index is 11.8. The van der Waals surface area contributed by atoms with E-state index in [1.165, 1.54) is 12.1 Å². The van der Waals surface area contributed by atoms with Crippen LogP contribution in [0.3, 0.4) is 0 Å². The van der Waals surface area contributed by atoms with Crippen molar-refractivity contribution in [1.82, 2.24) is 4.98 Å². The summed E-state index contributed by atoms with van der Waals surface area (Å²) in [4.78, 5) is 14.0. The van der Waals surface area contributed by atoms with Crippen LogP contribution < -0.4 is 11.3 Å². The average molecular weight is 331 g/mol. The van der Waals surface area contributed by atoms with Crippen LogP contribution in [0, 0.1) is 22.7 Å². The molecule has 0 saturated carbocycles. The fraction of sp³-hybridized carbons (Fsp3) is 0. The molecule has 1 aromatic carbocycles. The summed E-state index contributed by atoms with van der Waals surface area (Å²) in [5.74, 6) is -0.184. The number of aromatic amines is 1. The summed E-state index contributed by atoms with van der Waals surface area (Å²) < 4.78 is 0.522. The Morgan fingerprint density at radius 2 is 1.90 bits per heavy atom. The molecular weight excluding hydrogens is 324 g/mol. The van der Waals surface area contributed by atoms with Crippen molar-refractivity contribution < 1.29 is 5.11 Å². The zero-order valence-corrected chi connectivity index (χ0v) is 11.5. The van der Waals surface area contributed by atoms with Crippen LogP contribution in [0.1, 0.15) is 11.1 Å². The Labute approximate surface area is 121 Å². The molecule has 1 aromatic heterocycles. The van der Waals surface area contributed by atoms with Crippen LogP contribution in [-0.2, 0) is 0 Å². The number of rotatable bonds is 1. The Hall–Kier alpha value is -2.77. The Kier molecular flexibility index (Phi) is 3.47. The second kappa shape index (κ2) is 5.08. The molecule has 20 heavy (non-hydrogen) atoms. The van der Waals surface area contributed by atoms with Crippen molar-refractivity contribution in [3.8, 4) is 29.0 Å². The highest BCUT2D eigenvalue weighted by Gasteiger charge is 2.20. The first-order valence-corrected chi connectivity index (χ1v) is 6.13. The normalized spacial score (nSPS) is 9.75. The molecule has 0 atom stereocenters. The van der Waals surface area contributed by atoms with Gasteiger partial charge in [-0.05, 0) is 18.2 Å². The van der Waals surface area contributed by atoms with E-state index in [0.717, 1.165) is 0 Å². The highest BCUT2D eigenvalue weighted by molar-refractivity contribution is 9.10. The molecule has 0 aliphatic carbocycles. The molecule has 0 amide bonds. The summed E-state index contributed by atoms with van der Waals surface area (Å²) in [6.45, 7) is 0. The largest absolute Gasteiger partial charge is 0.508 e. The van der Waals surface area contributed by atoms with Crippen molar-refractivity contribution in [2.45, 2.75) is 0 Å². The molecule has 0 aliphatic rings. The van der Waals surface area contributed by atoms with Gasteiger partial charge in [0.15, 0.2) is 0 Å². The standard InChI is InChI=1S/C13H7BrN4O2/c14-10-2-1-6(19)3-7(10)11-8(4-15)12(17)18-13(20)9(11)5-16/h1-3,19H,(H3,17,18,20). The number of nitrogens with two attached hydrogens (primary N) is 1. The number of aromatic hydroxyl groups is 1. The van der Waals surface area contributed by atoms with Gasteiger partial charge in [-0.2, -0.15) is 10.5 Å². The maximum atomic E-state index is 11.8. The van der Waals surface area contributed by atoms with Gasteiger partial charge in [-0.3, -0.25) is 4.79 Å². The van der Waals surface area contributed by atoms with Gasteiger partial charge in [0.2, 0.25) is 0 Å². The first-order valence-electron chi connectivity index (χ1n) is 5.34. The molecule has 0 saturated heterocycles. The van der Waals surface area contributed by atoms with E-state index >= 15 is 0 Å². The summed E-state index contributed by atoms with van der Waals surface area (Å²) in [7, 11) is 0. The average Bonchev–Trinajstić information content (AvgIpc) is 2.41. The molecule has 0 spiro atoms. The minimum atomic E-state index is -0.686.